The van der Waals surface area contributed by atoms with Crippen LogP contribution in [0.5, 0.6) is 0 Å². The minimum absolute atomic E-state index is 0.0807. The van der Waals surface area contributed by atoms with E-state index < -0.39 is 6.10 Å². The average Bonchev–Trinajstić information content (AvgIpc) is 2.10. The second-order valence-electron chi connectivity index (χ2n) is 3.02. The van der Waals surface area contributed by atoms with E-state index in [1.807, 2.05) is 13.0 Å². The van der Waals surface area contributed by atoms with Crippen molar-refractivity contribution >= 4 is 0 Å². The summed E-state index contributed by atoms with van der Waals surface area (Å²) >= 11 is 0. The molecule has 0 aromatic rings. The fourth-order valence-electron chi connectivity index (χ4n) is 0.823. The zero-order chi connectivity index (χ0) is 9.40. The molecule has 68 valence electrons. The summed E-state index contributed by atoms with van der Waals surface area (Å²) in [6.45, 7) is 3.99. The van der Waals surface area contributed by atoms with Gasteiger partial charge in [0.2, 0.25) is 0 Å². The van der Waals surface area contributed by atoms with Gasteiger partial charge in [0.1, 0.15) is 0 Å². The van der Waals surface area contributed by atoms with Gasteiger partial charge in [-0.1, -0.05) is 31.9 Å². The topological polar surface area (TPSA) is 20.2 Å². The number of aliphatic hydroxyl groups is 1. The van der Waals surface area contributed by atoms with Crippen LogP contribution in [0.25, 0.3) is 0 Å². The highest BCUT2D eigenvalue weighted by Crippen LogP contribution is 2.04. The molecule has 1 heteroatoms. The predicted molar refractivity (Wildman–Crippen MR) is 52.7 cm³/mol. The molecule has 1 N–H and O–H groups in total. The molecule has 0 fully saturated rings. The van der Waals surface area contributed by atoms with Crippen LogP contribution in [0.15, 0.2) is 12.2 Å². The molecule has 0 unspecified atom stereocenters. The van der Waals surface area contributed by atoms with Gasteiger partial charge in [-0.05, 0) is 13.3 Å². The molecule has 0 spiro atoms. The normalized spacial score (nSPS) is 15.8. The fraction of sp³-hybridized carbons (Fsp3) is 0.636. The smallest absolute Gasteiger partial charge is 0.0855 e. The lowest BCUT2D eigenvalue weighted by atomic mass is 10.1. The summed E-state index contributed by atoms with van der Waals surface area (Å²) in [6.07, 6.45) is 11.9. The molecule has 0 rings (SSSR count). The Morgan fingerprint density at radius 3 is 2.75 bits per heavy atom. The summed E-state index contributed by atoms with van der Waals surface area (Å²) < 4.78 is 0. The first-order valence-electron chi connectivity index (χ1n) is 4.53. The predicted octanol–water partition coefficient (Wildman–Crippen LogP) is 2.36. The zero-order valence-electron chi connectivity index (χ0n) is 7.96. The van der Waals surface area contributed by atoms with Gasteiger partial charge in [-0.25, -0.2) is 0 Å². The number of rotatable bonds is 5. The Balaban J connectivity index is 3.61. The van der Waals surface area contributed by atoms with Gasteiger partial charge in [-0.15, -0.1) is 12.3 Å². The molecule has 12 heavy (non-hydrogen) atoms. The van der Waals surface area contributed by atoms with Gasteiger partial charge >= 0.3 is 0 Å². The third-order valence-corrected chi connectivity index (χ3v) is 1.83. The molecular weight excluding hydrogens is 148 g/mol. The first-order chi connectivity index (χ1) is 5.72. The van der Waals surface area contributed by atoms with E-state index in [1.165, 1.54) is 12.8 Å². The first-order valence-corrected chi connectivity index (χ1v) is 4.53. The van der Waals surface area contributed by atoms with E-state index in [-0.39, 0.29) is 5.92 Å². The van der Waals surface area contributed by atoms with E-state index in [2.05, 4.69) is 12.8 Å². The average molecular weight is 166 g/mol. The van der Waals surface area contributed by atoms with Gasteiger partial charge in [0.15, 0.2) is 0 Å². The minimum atomic E-state index is -0.480. The molecule has 0 bridgehead atoms. The SMILES string of the molecule is C#C[C@@H](C)[C@@H](O)/C=C/CCCC. The summed E-state index contributed by atoms with van der Waals surface area (Å²) in [5, 5.41) is 9.39. The van der Waals surface area contributed by atoms with Crippen molar-refractivity contribution in [2.24, 2.45) is 5.92 Å². The summed E-state index contributed by atoms with van der Waals surface area (Å²) in [7, 11) is 0. The standard InChI is InChI=1S/C11H18O/c1-4-6-7-8-9-11(12)10(3)5-2/h2,8-12H,4,6-7H2,1,3H3/b9-8+/t10-,11+/m1/s1. The number of unbranched alkanes of at least 4 members (excludes halogenated alkanes) is 2. The van der Waals surface area contributed by atoms with Crippen molar-refractivity contribution in [3.8, 4) is 12.3 Å². The minimum Gasteiger partial charge on any atom is -0.388 e. The molecule has 0 aliphatic carbocycles. The van der Waals surface area contributed by atoms with Crippen molar-refractivity contribution in [1.82, 2.24) is 0 Å². The van der Waals surface area contributed by atoms with Crippen molar-refractivity contribution in [1.29, 1.82) is 0 Å². The maximum atomic E-state index is 9.39. The van der Waals surface area contributed by atoms with E-state index in [1.54, 1.807) is 6.08 Å². The zero-order valence-corrected chi connectivity index (χ0v) is 7.96. The Morgan fingerprint density at radius 2 is 2.25 bits per heavy atom. The summed E-state index contributed by atoms with van der Waals surface area (Å²) in [4.78, 5) is 0. The van der Waals surface area contributed by atoms with Gasteiger partial charge in [0.05, 0.1) is 6.10 Å². The van der Waals surface area contributed by atoms with E-state index >= 15 is 0 Å². The van der Waals surface area contributed by atoms with Crippen molar-refractivity contribution in [3.63, 3.8) is 0 Å². The highest BCUT2D eigenvalue weighted by atomic mass is 16.3. The molecule has 0 aliphatic heterocycles. The van der Waals surface area contributed by atoms with Gasteiger partial charge in [0, 0.05) is 5.92 Å². The number of allylic oxidation sites excluding steroid dienone is 1. The Bertz CT molecular complexity index is 164. The molecule has 0 radical (unpaired) electrons. The summed E-state index contributed by atoms with van der Waals surface area (Å²) in [5.41, 5.74) is 0. The lowest BCUT2D eigenvalue weighted by molar-refractivity contribution is 0.189. The second kappa shape index (κ2) is 6.94. The van der Waals surface area contributed by atoms with Crippen LogP contribution in [0.4, 0.5) is 0 Å². The van der Waals surface area contributed by atoms with Crippen molar-refractivity contribution < 1.29 is 5.11 Å². The van der Waals surface area contributed by atoms with Crippen LogP contribution < -0.4 is 0 Å². The molecule has 1 nitrogen and oxygen atoms in total. The van der Waals surface area contributed by atoms with E-state index in [0.717, 1.165) is 6.42 Å². The third kappa shape index (κ3) is 4.98. The molecule has 0 heterocycles. The first kappa shape index (κ1) is 11.3. The second-order valence-corrected chi connectivity index (χ2v) is 3.02. The van der Waals surface area contributed by atoms with Crippen LogP contribution in [0.2, 0.25) is 0 Å². The monoisotopic (exact) mass is 166 g/mol. The van der Waals surface area contributed by atoms with Crippen LogP contribution >= 0.6 is 0 Å². The number of hydrogen-bond donors (Lipinski definition) is 1. The molecule has 0 amide bonds. The third-order valence-electron chi connectivity index (χ3n) is 1.83. The number of aliphatic hydroxyl groups excluding tert-OH is 1. The Labute approximate surface area is 75.5 Å². The largest absolute Gasteiger partial charge is 0.388 e. The van der Waals surface area contributed by atoms with Gasteiger partial charge in [-0.2, -0.15) is 0 Å². The maximum Gasteiger partial charge on any atom is 0.0855 e. The Kier molecular flexibility index (Phi) is 6.51. The molecule has 0 saturated heterocycles. The fourth-order valence-corrected chi connectivity index (χ4v) is 0.823. The lowest BCUT2D eigenvalue weighted by Crippen LogP contribution is -2.12. The Morgan fingerprint density at radius 1 is 1.58 bits per heavy atom. The molecule has 0 aromatic heterocycles. The lowest BCUT2D eigenvalue weighted by Gasteiger charge is -2.07. The Hall–Kier alpha value is -0.740. The molecule has 0 aliphatic rings. The van der Waals surface area contributed by atoms with Crippen molar-refractivity contribution in [3.05, 3.63) is 12.2 Å². The molecule has 0 saturated carbocycles. The van der Waals surface area contributed by atoms with E-state index in [9.17, 15) is 5.11 Å². The molecule has 2 atom stereocenters. The summed E-state index contributed by atoms with van der Waals surface area (Å²) in [5.74, 6) is 2.42. The van der Waals surface area contributed by atoms with Gasteiger partial charge in [0.25, 0.3) is 0 Å². The van der Waals surface area contributed by atoms with Crippen LogP contribution in [0, 0.1) is 18.3 Å². The highest BCUT2D eigenvalue weighted by Gasteiger charge is 2.05. The number of hydrogen-bond acceptors (Lipinski definition) is 1. The van der Waals surface area contributed by atoms with Crippen LogP contribution in [-0.4, -0.2) is 11.2 Å². The highest BCUT2D eigenvalue weighted by molar-refractivity contribution is 5.01. The van der Waals surface area contributed by atoms with Crippen molar-refractivity contribution in [2.75, 3.05) is 0 Å². The number of terminal acetylenes is 1. The molecule has 0 aromatic carbocycles. The maximum absolute atomic E-state index is 9.39. The van der Waals surface area contributed by atoms with E-state index in [0.29, 0.717) is 0 Å². The summed E-state index contributed by atoms with van der Waals surface area (Å²) in [6, 6.07) is 0. The quantitative estimate of drug-likeness (QED) is 0.377. The molecular formula is C11H18O. The van der Waals surface area contributed by atoms with Crippen LogP contribution in [-0.2, 0) is 0 Å². The van der Waals surface area contributed by atoms with Gasteiger partial charge < -0.3 is 5.11 Å². The van der Waals surface area contributed by atoms with Crippen molar-refractivity contribution in [2.45, 2.75) is 39.2 Å². The van der Waals surface area contributed by atoms with E-state index in [4.69, 9.17) is 6.42 Å². The van der Waals surface area contributed by atoms with Crippen LogP contribution in [0.1, 0.15) is 33.1 Å². The van der Waals surface area contributed by atoms with Gasteiger partial charge in [-0.3, -0.25) is 0 Å². The van der Waals surface area contributed by atoms with Crippen LogP contribution in [0.3, 0.4) is 0 Å².